The van der Waals surface area contributed by atoms with Gasteiger partial charge in [0, 0.05) is 11.8 Å². The molecule has 2 aromatic rings. The maximum Gasteiger partial charge on any atom is 0.0772 e. The molecule has 1 heterocycles. The number of fused-ring (bicyclic) bond motifs is 1. The molecule has 1 unspecified atom stereocenters. The van der Waals surface area contributed by atoms with Crippen LogP contribution >= 0.6 is 0 Å². The van der Waals surface area contributed by atoms with Crippen LogP contribution in [0.1, 0.15) is 28.3 Å². The fraction of sp³-hybridized carbons (Fsp3) is 0.125. The molecule has 2 aromatic carbocycles. The smallest absolute Gasteiger partial charge is 0.0772 e. The van der Waals surface area contributed by atoms with Crippen LogP contribution in [0.3, 0.4) is 0 Å². The fourth-order valence-corrected chi connectivity index (χ4v) is 2.52. The molecule has 0 amide bonds. The molecular formula is C16H16N2. The summed E-state index contributed by atoms with van der Waals surface area (Å²) in [4.78, 5) is 0. The van der Waals surface area contributed by atoms with E-state index < -0.39 is 0 Å². The molecule has 0 bridgehead atoms. The summed E-state index contributed by atoms with van der Waals surface area (Å²) >= 11 is 0. The van der Waals surface area contributed by atoms with Gasteiger partial charge in [-0.25, -0.2) is 0 Å². The Bertz CT molecular complexity index is 614. The van der Waals surface area contributed by atoms with E-state index in [0.717, 1.165) is 11.3 Å². The molecule has 18 heavy (non-hydrogen) atoms. The number of nitrogens with one attached hydrogen (secondary N) is 1. The summed E-state index contributed by atoms with van der Waals surface area (Å²) in [7, 11) is 0. The second-order valence-electron chi connectivity index (χ2n) is 4.64. The largest absolute Gasteiger partial charge is 0.397 e. The zero-order valence-corrected chi connectivity index (χ0v) is 10.4. The summed E-state index contributed by atoms with van der Waals surface area (Å²) in [5.74, 6) is 0. The second-order valence-corrected chi connectivity index (χ2v) is 4.64. The van der Waals surface area contributed by atoms with Crippen LogP contribution in [0.4, 0.5) is 0 Å². The Balaban J connectivity index is 2.14. The molecule has 1 aliphatic heterocycles. The summed E-state index contributed by atoms with van der Waals surface area (Å²) in [6, 6.07) is 16.9. The summed E-state index contributed by atoms with van der Waals surface area (Å²) < 4.78 is 0. The van der Waals surface area contributed by atoms with E-state index in [1.807, 2.05) is 12.3 Å². The van der Waals surface area contributed by atoms with Crippen LogP contribution in [-0.4, -0.2) is 0 Å². The van der Waals surface area contributed by atoms with E-state index in [1.54, 1.807) is 0 Å². The van der Waals surface area contributed by atoms with Crippen molar-refractivity contribution in [2.45, 2.75) is 13.0 Å². The lowest BCUT2D eigenvalue weighted by Crippen LogP contribution is -2.25. The van der Waals surface area contributed by atoms with E-state index in [2.05, 4.69) is 54.7 Å². The van der Waals surface area contributed by atoms with Crippen molar-refractivity contribution >= 4 is 5.70 Å². The van der Waals surface area contributed by atoms with Gasteiger partial charge in [0.05, 0.1) is 11.7 Å². The molecule has 0 saturated heterocycles. The van der Waals surface area contributed by atoms with Gasteiger partial charge in [-0.3, -0.25) is 0 Å². The minimum Gasteiger partial charge on any atom is -0.397 e. The zero-order chi connectivity index (χ0) is 12.5. The molecular weight excluding hydrogens is 220 g/mol. The lowest BCUT2D eigenvalue weighted by atomic mass is 9.89. The van der Waals surface area contributed by atoms with Crippen LogP contribution in [0.15, 0.2) is 54.7 Å². The third-order valence-corrected chi connectivity index (χ3v) is 3.49. The molecule has 3 rings (SSSR count). The van der Waals surface area contributed by atoms with Crippen LogP contribution in [0.2, 0.25) is 0 Å². The molecule has 0 aromatic heterocycles. The van der Waals surface area contributed by atoms with Gasteiger partial charge in [0.2, 0.25) is 0 Å². The van der Waals surface area contributed by atoms with Gasteiger partial charge in [0.25, 0.3) is 0 Å². The van der Waals surface area contributed by atoms with E-state index in [1.165, 1.54) is 16.7 Å². The molecule has 1 aliphatic rings. The average Bonchev–Trinajstić information content (AvgIpc) is 2.41. The van der Waals surface area contributed by atoms with E-state index >= 15 is 0 Å². The molecule has 2 heteroatoms. The highest BCUT2D eigenvalue weighted by Gasteiger charge is 2.21. The topological polar surface area (TPSA) is 38.0 Å². The van der Waals surface area contributed by atoms with Gasteiger partial charge < -0.3 is 11.1 Å². The Morgan fingerprint density at radius 1 is 0.944 bits per heavy atom. The van der Waals surface area contributed by atoms with Crippen LogP contribution in [0, 0.1) is 6.92 Å². The highest BCUT2D eigenvalue weighted by molar-refractivity contribution is 5.69. The molecule has 90 valence electrons. The first-order valence-electron chi connectivity index (χ1n) is 6.14. The molecule has 1 atom stereocenters. The van der Waals surface area contributed by atoms with Crippen molar-refractivity contribution in [3.63, 3.8) is 0 Å². The average molecular weight is 236 g/mol. The fourth-order valence-electron chi connectivity index (χ4n) is 2.52. The number of aryl methyl sites for hydroxylation is 1. The van der Waals surface area contributed by atoms with Gasteiger partial charge in [0.1, 0.15) is 0 Å². The van der Waals surface area contributed by atoms with Crippen molar-refractivity contribution in [3.8, 4) is 0 Å². The molecule has 0 spiro atoms. The van der Waals surface area contributed by atoms with Crippen molar-refractivity contribution in [1.29, 1.82) is 0 Å². The third-order valence-electron chi connectivity index (χ3n) is 3.49. The first kappa shape index (κ1) is 10.9. The van der Waals surface area contributed by atoms with Gasteiger partial charge in [-0.05, 0) is 23.6 Å². The van der Waals surface area contributed by atoms with Crippen molar-refractivity contribution in [1.82, 2.24) is 5.32 Å². The quantitative estimate of drug-likeness (QED) is 0.799. The van der Waals surface area contributed by atoms with Crippen molar-refractivity contribution < 1.29 is 0 Å². The maximum atomic E-state index is 6.02. The van der Waals surface area contributed by atoms with Gasteiger partial charge in [-0.2, -0.15) is 0 Å². The lowest BCUT2D eigenvalue weighted by Gasteiger charge is -2.27. The first-order chi connectivity index (χ1) is 8.77. The highest BCUT2D eigenvalue weighted by Crippen LogP contribution is 2.32. The van der Waals surface area contributed by atoms with Crippen LogP contribution in [-0.2, 0) is 0 Å². The normalized spacial score (nSPS) is 17.6. The van der Waals surface area contributed by atoms with E-state index in [4.69, 9.17) is 5.73 Å². The third kappa shape index (κ3) is 1.66. The van der Waals surface area contributed by atoms with Gasteiger partial charge in [-0.15, -0.1) is 0 Å². The zero-order valence-electron chi connectivity index (χ0n) is 10.4. The standard InChI is InChI=1S/C16H16N2/c1-11-6-2-3-7-12(11)16-14-9-5-4-8-13(14)15(17)10-18-16/h2-10,16,18H,17H2,1H3. The Morgan fingerprint density at radius 2 is 1.61 bits per heavy atom. The molecule has 0 radical (unpaired) electrons. The predicted molar refractivity (Wildman–Crippen MR) is 74.8 cm³/mol. The first-order valence-corrected chi connectivity index (χ1v) is 6.14. The molecule has 0 fully saturated rings. The monoisotopic (exact) mass is 236 g/mol. The van der Waals surface area contributed by atoms with E-state index in [0.29, 0.717) is 0 Å². The Labute approximate surface area is 107 Å². The summed E-state index contributed by atoms with van der Waals surface area (Å²) in [5.41, 5.74) is 11.8. The van der Waals surface area contributed by atoms with Crippen LogP contribution < -0.4 is 11.1 Å². The van der Waals surface area contributed by atoms with Crippen molar-refractivity contribution in [3.05, 3.63) is 77.0 Å². The Morgan fingerprint density at radius 3 is 2.39 bits per heavy atom. The maximum absolute atomic E-state index is 6.02. The van der Waals surface area contributed by atoms with Crippen molar-refractivity contribution in [2.75, 3.05) is 0 Å². The molecule has 0 aliphatic carbocycles. The number of rotatable bonds is 1. The predicted octanol–water partition coefficient (Wildman–Crippen LogP) is 2.94. The van der Waals surface area contributed by atoms with Crippen LogP contribution in [0.5, 0.6) is 0 Å². The lowest BCUT2D eigenvalue weighted by molar-refractivity contribution is 0.711. The molecule has 2 nitrogen and oxygen atoms in total. The Kier molecular flexibility index (Phi) is 2.56. The molecule has 3 N–H and O–H groups in total. The highest BCUT2D eigenvalue weighted by atomic mass is 14.9. The molecule has 0 saturated carbocycles. The van der Waals surface area contributed by atoms with Gasteiger partial charge >= 0.3 is 0 Å². The second kappa shape index (κ2) is 4.22. The Hall–Kier alpha value is -2.22. The minimum absolute atomic E-state index is 0.190. The number of nitrogens with two attached hydrogens (primary N) is 1. The summed E-state index contributed by atoms with van der Waals surface area (Å²) in [6.07, 6.45) is 1.90. The SMILES string of the molecule is Cc1ccccc1C1NC=C(N)c2ccccc21. The summed E-state index contributed by atoms with van der Waals surface area (Å²) in [6.45, 7) is 2.14. The minimum atomic E-state index is 0.190. The number of hydrogen-bond acceptors (Lipinski definition) is 2. The van der Waals surface area contributed by atoms with E-state index in [-0.39, 0.29) is 6.04 Å². The van der Waals surface area contributed by atoms with E-state index in [9.17, 15) is 0 Å². The van der Waals surface area contributed by atoms with Gasteiger partial charge in [0.15, 0.2) is 0 Å². The van der Waals surface area contributed by atoms with Crippen molar-refractivity contribution in [2.24, 2.45) is 5.73 Å². The summed E-state index contributed by atoms with van der Waals surface area (Å²) in [5, 5.41) is 3.40. The van der Waals surface area contributed by atoms with Gasteiger partial charge in [-0.1, -0.05) is 48.5 Å². The number of benzene rings is 2. The number of hydrogen-bond donors (Lipinski definition) is 2. The van der Waals surface area contributed by atoms with Crippen LogP contribution in [0.25, 0.3) is 5.70 Å².